The van der Waals surface area contributed by atoms with Crippen LogP contribution in [0.25, 0.3) is 0 Å². The Morgan fingerprint density at radius 2 is 2.18 bits per heavy atom. The number of carbonyl (C=O) groups excluding carboxylic acids is 1. The summed E-state index contributed by atoms with van der Waals surface area (Å²) in [7, 11) is 0. The second-order valence-electron chi connectivity index (χ2n) is 4.32. The van der Waals surface area contributed by atoms with Gasteiger partial charge in [0.25, 0.3) is 5.91 Å². The zero-order valence-corrected chi connectivity index (χ0v) is 11.0. The summed E-state index contributed by atoms with van der Waals surface area (Å²) in [6.07, 6.45) is 6.43. The number of hydrogen-bond donors (Lipinski definition) is 2. The zero-order chi connectivity index (χ0) is 12.3. The number of aliphatic hydroxyl groups is 1. The first kappa shape index (κ1) is 12.5. The molecule has 0 saturated heterocycles. The molecule has 0 bridgehead atoms. The third-order valence-corrected chi connectivity index (χ3v) is 3.45. The lowest BCUT2D eigenvalue weighted by molar-refractivity contribution is 0.0717. The van der Waals surface area contributed by atoms with Gasteiger partial charge in [-0.05, 0) is 34.8 Å². The minimum absolute atomic E-state index is 0.129. The Hall–Kier alpha value is -0.940. The van der Waals surface area contributed by atoms with E-state index in [0.717, 1.165) is 30.2 Å². The Morgan fingerprint density at radius 1 is 1.41 bits per heavy atom. The fourth-order valence-electron chi connectivity index (χ4n) is 2.07. The molecule has 1 amide bonds. The van der Waals surface area contributed by atoms with Crippen LogP contribution in [0.3, 0.4) is 0 Å². The first-order valence-electron chi connectivity index (χ1n) is 5.76. The van der Waals surface area contributed by atoms with Crippen molar-refractivity contribution in [3.8, 4) is 0 Å². The quantitative estimate of drug-likeness (QED) is 0.876. The number of halogens is 1. The Bertz CT molecular complexity index is 411. The van der Waals surface area contributed by atoms with Gasteiger partial charge in [0.1, 0.15) is 0 Å². The molecule has 1 aromatic rings. The third-order valence-electron chi connectivity index (χ3n) is 3.01. The number of aliphatic hydroxyl groups excluding tert-OH is 1. The summed E-state index contributed by atoms with van der Waals surface area (Å²) in [6, 6.07) is 1.59. The second-order valence-corrected chi connectivity index (χ2v) is 5.24. The molecule has 17 heavy (non-hydrogen) atoms. The summed E-state index contributed by atoms with van der Waals surface area (Å²) in [5.74, 6) is -0.176. The van der Waals surface area contributed by atoms with E-state index >= 15 is 0 Å². The van der Waals surface area contributed by atoms with E-state index < -0.39 is 6.10 Å². The highest BCUT2D eigenvalue weighted by Gasteiger charge is 2.24. The van der Waals surface area contributed by atoms with Gasteiger partial charge in [-0.1, -0.05) is 12.8 Å². The van der Waals surface area contributed by atoms with Crippen LogP contribution in [0.4, 0.5) is 0 Å². The van der Waals surface area contributed by atoms with E-state index in [-0.39, 0.29) is 11.9 Å². The van der Waals surface area contributed by atoms with E-state index in [1.807, 2.05) is 0 Å². The van der Waals surface area contributed by atoms with Crippen molar-refractivity contribution in [3.05, 3.63) is 28.5 Å². The van der Waals surface area contributed by atoms with Gasteiger partial charge in [0.15, 0.2) is 0 Å². The van der Waals surface area contributed by atoms with Crippen molar-refractivity contribution in [1.29, 1.82) is 0 Å². The molecule has 5 heteroatoms. The maximum atomic E-state index is 11.9. The number of pyridine rings is 1. The summed E-state index contributed by atoms with van der Waals surface area (Å²) < 4.78 is 0.773. The molecule has 1 aliphatic rings. The van der Waals surface area contributed by atoms with Crippen LogP contribution in [0.2, 0.25) is 0 Å². The molecule has 0 spiro atoms. The highest BCUT2D eigenvalue weighted by Crippen LogP contribution is 2.19. The summed E-state index contributed by atoms with van der Waals surface area (Å²) in [5, 5.41) is 12.6. The normalized spacial score (nSPS) is 24.4. The van der Waals surface area contributed by atoms with Crippen LogP contribution in [0.5, 0.6) is 0 Å². The maximum Gasteiger partial charge on any atom is 0.253 e. The average Bonchev–Trinajstić information content (AvgIpc) is 2.32. The summed E-state index contributed by atoms with van der Waals surface area (Å²) in [6.45, 7) is 0. The standard InChI is InChI=1S/C12H15BrN2O2/c13-9-5-8(6-14-7-9)12(17)15-10-3-1-2-4-11(10)16/h5-7,10-11,16H,1-4H2,(H,15,17)/t10-,11-/m0/s1. The number of nitrogens with zero attached hydrogens (tertiary/aromatic N) is 1. The fraction of sp³-hybridized carbons (Fsp3) is 0.500. The molecule has 2 atom stereocenters. The lowest BCUT2D eigenvalue weighted by Crippen LogP contribution is -2.45. The minimum atomic E-state index is -0.423. The van der Waals surface area contributed by atoms with E-state index in [1.54, 1.807) is 12.3 Å². The predicted octanol–water partition coefficient (Wildman–Crippen LogP) is 1.88. The molecular formula is C12H15BrN2O2. The Labute approximate surface area is 109 Å². The molecule has 2 rings (SSSR count). The number of hydrogen-bond acceptors (Lipinski definition) is 3. The fourth-order valence-corrected chi connectivity index (χ4v) is 2.43. The first-order valence-corrected chi connectivity index (χ1v) is 6.55. The van der Waals surface area contributed by atoms with Gasteiger partial charge >= 0.3 is 0 Å². The van der Waals surface area contributed by atoms with Crippen LogP contribution in [-0.4, -0.2) is 28.1 Å². The molecular weight excluding hydrogens is 284 g/mol. The van der Waals surface area contributed by atoms with Crippen LogP contribution in [0, 0.1) is 0 Å². The molecule has 92 valence electrons. The van der Waals surface area contributed by atoms with Gasteiger partial charge in [0.05, 0.1) is 17.7 Å². The molecule has 1 heterocycles. The predicted molar refractivity (Wildman–Crippen MR) is 67.7 cm³/mol. The van der Waals surface area contributed by atoms with Crippen LogP contribution in [0.15, 0.2) is 22.9 Å². The van der Waals surface area contributed by atoms with Gasteiger partial charge in [-0.25, -0.2) is 0 Å². The first-order chi connectivity index (χ1) is 8.16. The number of nitrogens with one attached hydrogen (secondary N) is 1. The highest BCUT2D eigenvalue weighted by atomic mass is 79.9. The molecule has 2 N–H and O–H groups in total. The monoisotopic (exact) mass is 298 g/mol. The van der Waals surface area contributed by atoms with E-state index in [1.165, 1.54) is 6.20 Å². The van der Waals surface area contributed by atoms with Crippen molar-refractivity contribution in [3.63, 3.8) is 0 Å². The molecule has 1 fully saturated rings. The topological polar surface area (TPSA) is 62.2 Å². The number of carbonyl (C=O) groups is 1. The second kappa shape index (κ2) is 5.60. The smallest absolute Gasteiger partial charge is 0.253 e. The summed E-state index contributed by atoms with van der Waals surface area (Å²) >= 11 is 3.28. The van der Waals surface area contributed by atoms with E-state index in [2.05, 4.69) is 26.2 Å². The molecule has 0 unspecified atom stereocenters. The van der Waals surface area contributed by atoms with Crippen molar-refractivity contribution in [2.75, 3.05) is 0 Å². The van der Waals surface area contributed by atoms with Gasteiger partial charge in [-0.3, -0.25) is 9.78 Å². The zero-order valence-electron chi connectivity index (χ0n) is 9.40. The lowest BCUT2D eigenvalue weighted by atomic mass is 9.92. The lowest BCUT2D eigenvalue weighted by Gasteiger charge is -2.28. The molecule has 0 aromatic carbocycles. The molecule has 1 aromatic heterocycles. The Balaban J connectivity index is 2.01. The minimum Gasteiger partial charge on any atom is -0.391 e. The van der Waals surface area contributed by atoms with Crippen LogP contribution in [0.1, 0.15) is 36.0 Å². The van der Waals surface area contributed by atoms with E-state index in [0.29, 0.717) is 5.56 Å². The van der Waals surface area contributed by atoms with Gasteiger partial charge < -0.3 is 10.4 Å². The van der Waals surface area contributed by atoms with E-state index in [4.69, 9.17) is 0 Å². The van der Waals surface area contributed by atoms with Crippen molar-refractivity contribution < 1.29 is 9.90 Å². The molecule has 0 aliphatic heterocycles. The van der Waals surface area contributed by atoms with Crippen molar-refractivity contribution in [2.24, 2.45) is 0 Å². The number of amides is 1. The Morgan fingerprint density at radius 3 is 2.88 bits per heavy atom. The van der Waals surface area contributed by atoms with Gasteiger partial charge in [0.2, 0.25) is 0 Å². The Kier molecular flexibility index (Phi) is 4.12. The summed E-state index contributed by atoms with van der Waals surface area (Å²) in [4.78, 5) is 15.9. The van der Waals surface area contributed by atoms with Crippen LogP contribution in [-0.2, 0) is 0 Å². The molecule has 1 saturated carbocycles. The van der Waals surface area contributed by atoms with Crippen molar-refractivity contribution >= 4 is 21.8 Å². The van der Waals surface area contributed by atoms with Crippen LogP contribution < -0.4 is 5.32 Å². The van der Waals surface area contributed by atoms with Crippen LogP contribution >= 0.6 is 15.9 Å². The van der Waals surface area contributed by atoms with Gasteiger partial charge in [0, 0.05) is 16.9 Å². The molecule has 1 aliphatic carbocycles. The van der Waals surface area contributed by atoms with E-state index in [9.17, 15) is 9.90 Å². The maximum absolute atomic E-state index is 11.9. The average molecular weight is 299 g/mol. The van der Waals surface area contributed by atoms with Crippen molar-refractivity contribution in [1.82, 2.24) is 10.3 Å². The third kappa shape index (κ3) is 3.26. The van der Waals surface area contributed by atoms with Gasteiger partial charge in [-0.15, -0.1) is 0 Å². The number of rotatable bonds is 2. The summed E-state index contributed by atoms with van der Waals surface area (Å²) in [5.41, 5.74) is 0.511. The largest absolute Gasteiger partial charge is 0.391 e. The number of aromatic nitrogens is 1. The highest BCUT2D eigenvalue weighted by molar-refractivity contribution is 9.10. The molecule has 4 nitrogen and oxygen atoms in total. The SMILES string of the molecule is O=C(N[C@H]1CCCC[C@@H]1O)c1cncc(Br)c1. The van der Waals surface area contributed by atoms with Gasteiger partial charge in [-0.2, -0.15) is 0 Å². The van der Waals surface area contributed by atoms with Crippen molar-refractivity contribution in [2.45, 2.75) is 37.8 Å². The molecule has 0 radical (unpaired) electrons.